The largest absolute Gasteiger partial charge is 0.462 e. The molecule has 2 aliphatic rings. The van der Waals surface area contributed by atoms with Crippen LogP contribution in [0, 0.1) is 5.82 Å². The smallest absolute Gasteiger partial charge is 0.410 e. The maximum Gasteiger partial charge on any atom is 0.410 e. The van der Waals surface area contributed by atoms with Crippen LogP contribution >= 0.6 is 0 Å². The molecule has 2 aliphatic heterocycles. The third kappa shape index (κ3) is 5.35. The van der Waals surface area contributed by atoms with Gasteiger partial charge in [0.05, 0.1) is 18.2 Å². The number of halogens is 1. The predicted octanol–water partition coefficient (Wildman–Crippen LogP) is 3.99. The van der Waals surface area contributed by atoms with Crippen molar-refractivity contribution in [3.8, 4) is 0 Å². The highest BCUT2D eigenvalue weighted by Crippen LogP contribution is 2.33. The Morgan fingerprint density at radius 1 is 1.18 bits per heavy atom. The van der Waals surface area contributed by atoms with Crippen molar-refractivity contribution in [3.63, 3.8) is 0 Å². The molecule has 33 heavy (non-hydrogen) atoms. The van der Waals surface area contributed by atoms with E-state index in [4.69, 9.17) is 15.0 Å². The summed E-state index contributed by atoms with van der Waals surface area (Å²) in [7, 11) is 0. The van der Waals surface area contributed by atoms with Crippen molar-refractivity contribution in [1.82, 2.24) is 4.90 Å². The number of carbonyl (C=O) groups is 2. The molecule has 0 aromatic heterocycles. The molecule has 10 heteroatoms. The Labute approximate surface area is 190 Å². The zero-order valence-corrected chi connectivity index (χ0v) is 18.0. The van der Waals surface area contributed by atoms with Gasteiger partial charge in [-0.25, -0.2) is 9.18 Å². The van der Waals surface area contributed by atoms with Crippen LogP contribution in [0.2, 0.25) is 0 Å². The Morgan fingerprint density at radius 3 is 2.64 bits per heavy atom. The standard InChI is InChI=1S/C23H24FN5O4/c24-20-12-17(19-13-18(14-26-27-25)33-22(19)30)6-7-21(20)28-8-10-29(11-9-28)23(31)32-15-16-4-2-1-3-5-16/h1-7,12,18-19H,8-11,13-15H2. The highest BCUT2D eigenvalue weighted by Gasteiger charge is 2.35. The number of cyclic esters (lactones) is 1. The number of amides is 1. The van der Waals surface area contributed by atoms with Gasteiger partial charge in [-0.3, -0.25) is 4.79 Å². The van der Waals surface area contributed by atoms with Crippen molar-refractivity contribution >= 4 is 17.7 Å². The lowest BCUT2D eigenvalue weighted by molar-refractivity contribution is -0.142. The number of esters is 1. The highest BCUT2D eigenvalue weighted by molar-refractivity contribution is 5.80. The van der Waals surface area contributed by atoms with Crippen molar-refractivity contribution in [1.29, 1.82) is 0 Å². The summed E-state index contributed by atoms with van der Waals surface area (Å²) in [6.45, 7) is 2.06. The monoisotopic (exact) mass is 453 g/mol. The van der Waals surface area contributed by atoms with Crippen LogP contribution in [0.3, 0.4) is 0 Å². The third-order valence-corrected chi connectivity index (χ3v) is 5.87. The van der Waals surface area contributed by atoms with Gasteiger partial charge >= 0.3 is 12.1 Å². The molecular weight excluding hydrogens is 429 g/mol. The summed E-state index contributed by atoms with van der Waals surface area (Å²) in [5.41, 5.74) is 10.3. The molecule has 2 saturated heterocycles. The lowest BCUT2D eigenvalue weighted by atomic mass is 9.95. The maximum absolute atomic E-state index is 14.9. The molecular formula is C23H24FN5O4. The Kier molecular flexibility index (Phi) is 6.95. The zero-order chi connectivity index (χ0) is 23.2. The number of nitrogens with zero attached hydrogens (tertiary/aromatic N) is 5. The highest BCUT2D eigenvalue weighted by atomic mass is 19.1. The van der Waals surface area contributed by atoms with Gasteiger partial charge in [-0.2, -0.15) is 0 Å². The lowest BCUT2D eigenvalue weighted by Gasteiger charge is -2.35. The number of benzene rings is 2. The van der Waals surface area contributed by atoms with E-state index in [-0.39, 0.29) is 19.2 Å². The van der Waals surface area contributed by atoms with Crippen LogP contribution in [0.1, 0.15) is 23.5 Å². The first-order chi connectivity index (χ1) is 16.0. The first kappa shape index (κ1) is 22.4. The fourth-order valence-corrected chi connectivity index (χ4v) is 4.10. The molecule has 2 aromatic carbocycles. The van der Waals surface area contributed by atoms with Crippen molar-refractivity contribution < 1.29 is 23.5 Å². The molecule has 172 valence electrons. The minimum atomic E-state index is -0.580. The lowest BCUT2D eigenvalue weighted by Crippen LogP contribution is -2.49. The SMILES string of the molecule is [N-]=[N+]=NCC1CC(c2ccc(N3CCN(C(=O)OCc4ccccc4)CC3)c(F)c2)C(=O)O1. The summed E-state index contributed by atoms with van der Waals surface area (Å²) in [5.74, 6) is -1.45. The van der Waals surface area contributed by atoms with Crippen LogP contribution < -0.4 is 4.90 Å². The van der Waals surface area contributed by atoms with Crippen molar-refractivity contribution in [2.24, 2.45) is 5.11 Å². The van der Waals surface area contributed by atoms with Gasteiger partial charge in [0.25, 0.3) is 0 Å². The van der Waals surface area contributed by atoms with Crippen LogP contribution in [0.15, 0.2) is 53.6 Å². The molecule has 2 atom stereocenters. The number of rotatable bonds is 6. The van der Waals surface area contributed by atoms with E-state index in [1.54, 1.807) is 17.0 Å². The quantitative estimate of drug-likeness (QED) is 0.284. The third-order valence-electron chi connectivity index (χ3n) is 5.87. The molecule has 0 aliphatic carbocycles. The molecule has 0 saturated carbocycles. The molecule has 0 N–H and O–H groups in total. The Balaban J connectivity index is 1.32. The maximum atomic E-state index is 14.9. The molecule has 0 spiro atoms. The summed E-state index contributed by atoms with van der Waals surface area (Å²) >= 11 is 0. The van der Waals surface area contributed by atoms with E-state index in [0.717, 1.165) is 5.56 Å². The average molecular weight is 453 g/mol. The molecule has 2 fully saturated rings. The summed E-state index contributed by atoms with van der Waals surface area (Å²) in [4.78, 5) is 30.7. The second-order valence-electron chi connectivity index (χ2n) is 7.99. The van der Waals surface area contributed by atoms with Crippen LogP contribution in [-0.2, 0) is 20.9 Å². The van der Waals surface area contributed by atoms with E-state index in [2.05, 4.69) is 10.0 Å². The number of ether oxygens (including phenoxy) is 2. The van der Waals surface area contributed by atoms with Crippen LogP contribution in [0.4, 0.5) is 14.9 Å². The predicted molar refractivity (Wildman–Crippen MR) is 118 cm³/mol. The fraction of sp³-hybridized carbons (Fsp3) is 0.391. The molecule has 0 bridgehead atoms. The second-order valence-corrected chi connectivity index (χ2v) is 7.99. The molecule has 1 amide bonds. The topological polar surface area (TPSA) is 108 Å². The summed E-state index contributed by atoms with van der Waals surface area (Å²) in [6.07, 6.45) is -0.527. The van der Waals surface area contributed by atoms with Gasteiger partial charge in [0.1, 0.15) is 18.5 Å². The minimum absolute atomic E-state index is 0.0668. The van der Waals surface area contributed by atoms with E-state index in [9.17, 15) is 14.0 Å². The van der Waals surface area contributed by atoms with Gasteiger partial charge in [-0.15, -0.1) is 0 Å². The Bertz CT molecular complexity index is 1050. The van der Waals surface area contributed by atoms with E-state index in [1.165, 1.54) is 6.07 Å². The summed E-state index contributed by atoms with van der Waals surface area (Å²) in [6, 6.07) is 14.2. The van der Waals surface area contributed by atoms with Gasteiger partial charge in [-0.05, 0) is 28.8 Å². The zero-order valence-electron chi connectivity index (χ0n) is 18.0. The summed E-state index contributed by atoms with van der Waals surface area (Å²) < 4.78 is 25.5. The molecule has 2 heterocycles. The van der Waals surface area contributed by atoms with Crippen LogP contribution in [0.5, 0.6) is 0 Å². The van der Waals surface area contributed by atoms with E-state index in [0.29, 0.717) is 43.9 Å². The molecule has 9 nitrogen and oxygen atoms in total. The van der Waals surface area contributed by atoms with Crippen LogP contribution in [-0.4, -0.2) is 55.8 Å². The molecule has 4 rings (SSSR count). The molecule has 0 radical (unpaired) electrons. The average Bonchev–Trinajstić information content (AvgIpc) is 3.22. The number of piperazine rings is 1. The van der Waals surface area contributed by atoms with Gasteiger partial charge < -0.3 is 19.3 Å². The van der Waals surface area contributed by atoms with Crippen molar-refractivity contribution in [2.75, 3.05) is 37.6 Å². The van der Waals surface area contributed by atoms with Gasteiger partial charge in [0.2, 0.25) is 0 Å². The molecule has 2 aromatic rings. The summed E-state index contributed by atoms with van der Waals surface area (Å²) in [5, 5.41) is 3.44. The Hall–Kier alpha value is -3.78. The first-order valence-corrected chi connectivity index (χ1v) is 10.8. The van der Waals surface area contributed by atoms with Crippen molar-refractivity contribution in [2.45, 2.75) is 25.0 Å². The number of anilines is 1. The van der Waals surface area contributed by atoms with Crippen LogP contribution in [0.25, 0.3) is 10.4 Å². The van der Waals surface area contributed by atoms with E-state index in [1.807, 2.05) is 35.2 Å². The first-order valence-electron chi connectivity index (χ1n) is 10.8. The number of carbonyl (C=O) groups excluding carboxylic acids is 2. The fourth-order valence-electron chi connectivity index (χ4n) is 4.10. The number of azide groups is 1. The Morgan fingerprint density at radius 2 is 1.94 bits per heavy atom. The number of hydrogen-bond acceptors (Lipinski definition) is 6. The minimum Gasteiger partial charge on any atom is -0.462 e. The van der Waals surface area contributed by atoms with Gasteiger partial charge in [-0.1, -0.05) is 41.5 Å². The van der Waals surface area contributed by atoms with Gasteiger partial charge in [0, 0.05) is 37.5 Å². The van der Waals surface area contributed by atoms with Gasteiger partial charge in [0.15, 0.2) is 0 Å². The second kappa shape index (κ2) is 10.2. The molecule has 2 unspecified atom stereocenters. The normalized spacial score (nSPS) is 20.2. The van der Waals surface area contributed by atoms with Crippen molar-refractivity contribution in [3.05, 3.63) is 75.9 Å². The van der Waals surface area contributed by atoms with E-state index >= 15 is 0 Å². The number of hydrogen-bond donors (Lipinski definition) is 0. The van der Waals surface area contributed by atoms with E-state index < -0.39 is 23.8 Å².